The summed E-state index contributed by atoms with van der Waals surface area (Å²) in [5, 5.41) is 4.08. The van der Waals surface area contributed by atoms with Gasteiger partial charge < -0.3 is 9.64 Å². The SMILES string of the molecule is COc1ccc(F)c(CN2CCC[C@@]3(CCN(C(=O)CCCn4cncn4)C3)C2)c1. The summed E-state index contributed by atoms with van der Waals surface area (Å²) in [5.74, 6) is 0.718. The predicted molar refractivity (Wildman–Crippen MR) is 110 cm³/mol. The van der Waals surface area contributed by atoms with Gasteiger partial charge in [0.05, 0.1) is 7.11 Å². The van der Waals surface area contributed by atoms with Gasteiger partial charge in [0.15, 0.2) is 0 Å². The number of nitrogens with zero attached hydrogens (tertiary/aromatic N) is 5. The van der Waals surface area contributed by atoms with E-state index in [4.69, 9.17) is 4.74 Å². The highest BCUT2D eigenvalue weighted by atomic mass is 19.1. The third kappa shape index (κ3) is 4.80. The summed E-state index contributed by atoms with van der Waals surface area (Å²) in [7, 11) is 1.60. The van der Waals surface area contributed by atoms with Crippen LogP contribution in [0.1, 0.15) is 37.7 Å². The predicted octanol–water partition coefficient (Wildman–Crippen LogP) is 2.72. The largest absolute Gasteiger partial charge is 0.497 e. The van der Waals surface area contributed by atoms with Crippen molar-refractivity contribution < 1.29 is 13.9 Å². The van der Waals surface area contributed by atoms with Gasteiger partial charge in [-0.25, -0.2) is 9.37 Å². The average molecular weight is 416 g/mol. The Morgan fingerprint density at radius 1 is 1.27 bits per heavy atom. The maximum Gasteiger partial charge on any atom is 0.222 e. The van der Waals surface area contributed by atoms with Gasteiger partial charge in [-0.15, -0.1) is 0 Å². The Morgan fingerprint density at radius 3 is 2.97 bits per heavy atom. The van der Waals surface area contributed by atoms with Gasteiger partial charge in [0.2, 0.25) is 5.91 Å². The van der Waals surface area contributed by atoms with Crippen molar-refractivity contribution in [3.63, 3.8) is 0 Å². The number of hydrogen-bond acceptors (Lipinski definition) is 5. The van der Waals surface area contributed by atoms with E-state index in [-0.39, 0.29) is 17.1 Å². The van der Waals surface area contributed by atoms with Crippen LogP contribution in [0.2, 0.25) is 0 Å². The molecule has 2 aliphatic heterocycles. The van der Waals surface area contributed by atoms with Gasteiger partial charge in [0.25, 0.3) is 0 Å². The van der Waals surface area contributed by atoms with Crippen LogP contribution >= 0.6 is 0 Å². The second-order valence-corrected chi connectivity index (χ2v) is 8.60. The number of aromatic nitrogens is 3. The van der Waals surface area contributed by atoms with Gasteiger partial charge in [-0.1, -0.05) is 0 Å². The van der Waals surface area contributed by atoms with Crippen LogP contribution in [0, 0.1) is 11.2 Å². The van der Waals surface area contributed by atoms with Crippen LogP contribution in [0.15, 0.2) is 30.9 Å². The quantitative estimate of drug-likeness (QED) is 0.696. The number of rotatable bonds is 7. The lowest BCUT2D eigenvalue weighted by Crippen LogP contribution is -2.45. The number of aryl methyl sites for hydroxylation is 1. The first-order chi connectivity index (χ1) is 14.6. The first-order valence-corrected chi connectivity index (χ1v) is 10.7. The number of carbonyl (C=O) groups excluding carboxylic acids is 1. The van der Waals surface area contributed by atoms with Crippen molar-refractivity contribution in [1.82, 2.24) is 24.6 Å². The molecule has 0 radical (unpaired) electrons. The van der Waals surface area contributed by atoms with Crippen LogP contribution in [0.3, 0.4) is 0 Å². The molecule has 1 atom stereocenters. The first-order valence-electron chi connectivity index (χ1n) is 10.7. The van der Waals surface area contributed by atoms with Gasteiger partial charge in [0, 0.05) is 50.1 Å². The van der Waals surface area contributed by atoms with Crippen molar-refractivity contribution in [3.05, 3.63) is 42.2 Å². The van der Waals surface area contributed by atoms with Crippen LogP contribution in [-0.2, 0) is 17.9 Å². The van der Waals surface area contributed by atoms with Gasteiger partial charge in [-0.2, -0.15) is 5.10 Å². The minimum absolute atomic E-state index is 0.134. The molecule has 3 heterocycles. The van der Waals surface area contributed by atoms with Crippen molar-refractivity contribution >= 4 is 5.91 Å². The van der Waals surface area contributed by atoms with Gasteiger partial charge in [-0.05, 0) is 50.4 Å². The summed E-state index contributed by atoms with van der Waals surface area (Å²) in [6, 6.07) is 4.92. The highest BCUT2D eigenvalue weighted by Crippen LogP contribution is 2.39. The summed E-state index contributed by atoms with van der Waals surface area (Å²) in [6.45, 7) is 4.80. The molecule has 1 aromatic heterocycles. The van der Waals surface area contributed by atoms with E-state index in [9.17, 15) is 9.18 Å². The molecule has 8 heteroatoms. The zero-order valence-electron chi connectivity index (χ0n) is 17.6. The van der Waals surface area contributed by atoms with E-state index in [1.807, 2.05) is 4.90 Å². The van der Waals surface area contributed by atoms with Crippen molar-refractivity contribution in [1.29, 1.82) is 0 Å². The number of likely N-dealkylation sites (tertiary alicyclic amines) is 2. The molecule has 2 saturated heterocycles. The second kappa shape index (κ2) is 9.12. The molecule has 2 aromatic rings. The van der Waals surface area contributed by atoms with Gasteiger partial charge in [0.1, 0.15) is 24.2 Å². The summed E-state index contributed by atoms with van der Waals surface area (Å²) in [4.78, 5) is 21.0. The molecule has 1 spiro atoms. The average Bonchev–Trinajstić information content (AvgIpc) is 3.40. The number of ether oxygens (including phenoxy) is 1. The fourth-order valence-corrected chi connectivity index (χ4v) is 4.86. The molecule has 4 rings (SSSR count). The number of hydrogen-bond donors (Lipinski definition) is 0. The van der Waals surface area contributed by atoms with Crippen LogP contribution < -0.4 is 4.74 Å². The highest BCUT2D eigenvalue weighted by Gasteiger charge is 2.42. The Labute approximate surface area is 176 Å². The molecule has 7 nitrogen and oxygen atoms in total. The molecule has 0 unspecified atom stereocenters. The Balaban J connectivity index is 1.31. The van der Waals surface area contributed by atoms with Crippen LogP contribution in [0.25, 0.3) is 0 Å². The Bertz CT molecular complexity index is 859. The molecule has 2 aliphatic rings. The van der Waals surface area contributed by atoms with E-state index < -0.39 is 0 Å². The van der Waals surface area contributed by atoms with E-state index in [2.05, 4.69) is 15.0 Å². The Morgan fingerprint density at radius 2 is 2.17 bits per heavy atom. The molecule has 2 fully saturated rings. The molecule has 0 N–H and O–H groups in total. The number of carbonyl (C=O) groups is 1. The molecule has 0 aliphatic carbocycles. The van der Waals surface area contributed by atoms with E-state index in [0.29, 0.717) is 30.8 Å². The molecule has 1 aromatic carbocycles. The minimum atomic E-state index is -0.189. The second-order valence-electron chi connectivity index (χ2n) is 8.60. The van der Waals surface area contributed by atoms with Crippen LogP contribution in [0.5, 0.6) is 5.75 Å². The number of methoxy groups -OCH3 is 1. The number of halogens is 1. The lowest BCUT2D eigenvalue weighted by atomic mass is 9.79. The van der Waals surface area contributed by atoms with Gasteiger partial charge in [-0.3, -0.25) is 14.4 Å². The Hall–Kier alpha value is -2.48. The van der Waals surface area contributed by atoms with Crippen LogP contribution in [-0.4, -0.2) is 63.8 Å². The van der Waals surface area contributed by atoms with E-state index >= 15 is 0 Å². The fraction of sp³-hybridized carbons (Fsp3) is 0.591. The summed E-state index contributed by atoms with van der Waals surface area (Å²) < 4.78 is 21.3. The fourth-order valence-electron chi connectivity index (χ4n) is 4.86. The third-order valence-corrected chi connectivity index (χ3v) is 6.42. The van der Waals surface area contributed by atoms with Crippen molar-refractivity contribution in [2.24, 2.45) is 5.41 Å². The lowest BCUT2D eigenvalue weighted by molar-refractivity contribution is -0.130. The zero-order valence-corrected chi connectivity index (χ0v) is 17.6. The maximum absolute atomic E-state index is 14.3. The number of amides is 1. The summed E-state index contributed by atoms with van der Waals surface area (Å²) in [5.41, 5.74) is 0.806. The molecule has 0 bridgehead atoms. The molecule has 1 amide bonds. The highest BCUT2D eigenvalue weighted by molar-refractivity contribution is 5.76. The standard InChI is InChI=1S/C22H30FN5O2/c1-30-19-5-6-20(23)18(12-19)13-26-9-3-7-22(14-26)8-11-27(15-22)21(29)4-2-10-28-17-24-16-25-28/h5-6,12,16-17H,2-4,7-11,13-15H2,1H3/t22-/m1/s1. The Kier molecular flexibility index (Phi) is 6.32. The number of piperidine rings is 1. The number of benzene rings is 1. The normalized spacial score (nSPS) is 22.0. The van der Waals surface area contributed by atoms with E-state index in [1.165, 1.54) is 12.4 Å². The first kappa shape index (κ1) is 20.8. The van der Waals surface area contributed by atoms with Crippen molar-refractivity contribution in [2.45, 2.75) is 45.2 Å². The summed E-state index contributed by atoms with van der Waals surface area (Å²) in [6.07, 6.45) is 7.74. The molecule has 30 heavy (non-hydrogen) atoms. The van der Waals surface area contributed by atoms with Crippen LogP contribution in [0.4, 0.5) is 4.39 Å². The smallest absolute Gasteiger partial charge is 0.222 e. The monoisotopic (exact) mass is 415 g/mol. The third-order valence-electron chi connectivity index (χ3n) is 6.42. The summed E-state index contributed by atoms with van der Waals surface area (Å²) >= 11 is 0. The zero-order chi connectivity index (χ0) is 21.0. The molecule has 162 valence electrons. The van der Waals surface area contributed by atoms with Gasteiger partial charge >= 0.3 is 0 Å². The minimum Gasteiger partial charge on any atom is -0.497 e. The van der Waals surface area contributed by atoms with E-state index in [1.54, 1.807) is 30.3 Å². The van der Waals surface area contributed by atoms with Crippen molar-refractivity contribution in [2.75, 3.05) is 33.3 Å². The molecular weight excluding hydrogens is 385 g/mol. The molecule has 0 saturated carbocycles. The lowest BCUT2D eigenvalue weighted by Gasteiger charge is -2.40. The molecular formula is C22H30FN5O2. The van der Waals surface area contributed by atoms with E-state index in [0.717, 1.165) is 51.9 Å². The van der Waals surface area contributed by atoms with Crippen molar-refractivity contribution in [3.8, 4) is 5.75 Å². The topological polar surface area (TPSA) is 63.5 Å². The maximum atomic E-state index is 14.3.